The van der Waals surface area contributed by atoms with Gasteiger partial charge in [0.2, 0.25) is 0 Å². The summed E-state index contributed by atoms with van der Waals surface area (Å²) in [5.41, 5.74) is 0. The van der Waals surface area contributed by atoms with Crippen LogP contribution in [0.15, 0.2) is 29.3 Å². The lowest BCUT2D eigenvalue weighted by Crippen LogP contribution is -2.44. The van der Waals surface area contributed by atoms with Crippen molar-refractivity contribution in [1.29, 1.82) is 0 Å². The summed E-state index contributed by atoms with van der Waals surface area (Å²) in [5.74, 6) is 1.45. The molecule has 1 aromatic carbocycles. The van der Waals surface area contributed by atoms with E-state index in [1.807, 2.05) is 11.9 Å². The highest BCUT2D eigenvalue weighted by atomic mass is 19.1. The molecule has 0 saturated carbocycles. The van der Waals surface area contributed by atoms with Gasteiger partial charge in [-0.05, 0) is 44.0 Å². The Bertz CT molecular complexity index is 577. The number of halogens is 1. The monoisotopic (exact) mass is 380 g/mol. The van der Waals surface area contributed by atoms with Crippen molar-refractivity contribution >= 4 is 5.96 Å². The fourth-order valence-electron chi connectivity index (χ4n) is 3.22. The third-order valence-corrected chi connectivity index (χ3v) is 4.96. The summed E-state index contributed by atoms with van der Waals surface area (Å²) in [6, 6.07) is 6.47. The van der Waals surface area contributed by atoms with E-state index in [0.717, 1.165) is 38.7 Å². The van der Waals surface area contributed by atoms with Crippen molar-refractivity contribution in [3.05, 3.63) is 30.1 Å². The van der Waals surface area contributed by atoms with Gasteiger partial charge < -0.3 is 24.6 Å². The molecule has 2 rings (SSSR count). The Balaban J connectivity index is 1.66. The van der Waals surface area contributed by atoms with Gasteiger partial charge in [-0.2, -0.15) is 0 Å². The topological polar surface area (TPSA) is 49.3 Å². The van der Waals surface area contributed by atoms with Crippen molar-refractivity contribution in [3.63, 3.8) is 0 Å². The maximum Gasteiger partial charge on any atom is 0.193 e. The SMILES string of the molecule is CN=C(NCC1CCN(CCOC)CC1)N(C)CCOc1ccccc1F. The summed E-state index contributed by atoms with van der Waals surface area (Å²) in [4.78, 5) is 8.81. The zero-order valence-corrected chi connectivity index (χ0v) is 16.8. The molecule has 1 aliphatic rings. The van der Waals surface area contributed by atoms with E-state index in [-0.39, 0.29) is 11.6 Å². The summed E-state index contributed by atoms with van der Waals surface area (Å²) in [7, 11) is 5.50. The highest BCUT2D eigenvalue weighted by molar-refractivity contribution is 5.79. The van der Waals surface area contributed by atoms with E-state index in [4.69, 9.17) is 9.47 Å². The fraction of sp³-hybridized carbons (Fsp3) is 0.650. The van der Waals surface area contributed by atoms with Crippen LogP contribution in [0.4, 0.5) is 4.39 Å². The molecule has 0 amide bonds. The smallest absolute Gasteiger partial charge is 0.193 e. The van der Waals surface area contributed by atoms with Gasteiger partial charge in [0.15, 0.2) is 17.5 Å². The van der Waals surface area contributed by atoms with Crippen LogP contribution in [0.25, 0.3) is 0 Å². The molecule has 6 nitrogen and oxygen atoms in total. The van der Waals surface area contributed by atoms with Crippen LogP contribution in [0.5, 0.6) is 5.75 Å². The lowest BCUT2D eigenvalue weighted by Gasteiger charge is -2.32. The highest BCUT2D eigenvalue weighted by Crippen LogP contribution is 2.16. The number of nitrogens with zero attached hydrogens (tertiary/aromatic N) is 3. The summed E-state index contributed by atoms with van der Waals surface area (Å²) >= 11 is 0. The van der Waals surface area contributed by atoms with E-state index >= 15 is 0 Å². The van der Waals surface area contributed by atoms with E-state index in [0.29, 0.717) is 19.1 Å². The fourth-order valence-corrected chi connectivity index (χ4v) is 3.22. The number of piperidine rings is 1. The molecule has 1 heterocycles. The Morgan fingerprint density at radius 3 is 2.70 bits per heavy atom. The minimum atomic E-state index is -0.334. The molecule has 0 bridgehead atoms. The van der Waals surface area contributed by atoms with Crippen LogP contribution in [-0.2, 0) is 4.74 Å². The van der Waals surface area contributed by atoms with Crippen molar-refractivity contribution in [2.45, 2.75) is 12.8 Å². The number of likely N-dealkylation sites (tertiary alicyclic amines) is 1. The number of benzene rings is 1. The Kier molecular flexibility index (Phi) is 9.35. The number of hydrogen-bond donors (Lipinski definition) is 1. The van der Waals surface area contributed by atoms with Gasteiger partial charge in [-0.1, -0.05) is 12.1 Å². The van der Waals surface area contributed by atoms with Crippen molar-refractivity contribution in [3.8, 4) is 5.75 Å². The predicted octanol–water partition coefficient (Wildman–Crippen LogP) is 2.07. The Labute approximate surface area is 162 Å². The van der Waals surface area contributed by atoms with Crippen molar-refractivity contribution in [2.75, 3.05) is 67.1 Å². The molecule has 0 atom stereocenters. The van der Waals surface area contributed by atoms with Gasteiger partial charge in [0.1, 0.15) is 6.61 Å². The summed E-state index contributed by atoms with van der Waals surface area (Å²) in [6.45, 7) is 6.02. The van der Waals surface area contributed by atoms with Gasteiger partial charge in [0, 0.05) is 34.3 Å². The van der Waals surface area contributed by atoms with E-state index in [1.54, 1.807) is 32.4 Å². The first-order chi connectivity index (χ1) is 13.1. The average Bonchev–Trinajstić information content (AvgIpc) is 2.69. The zero-order valence-electron chi connectivity index (χ0n) is 16.8. The molecule has 27 heavy (non-hydrogen) atoms. The summed E-state index contributed by atoms with van der Waals surface area (Å²) in [6.07, 6.45) is 2.38. The van der Waals surface area contributed by atoms with E-state index in [2.05, 4.69) is 15.2 Å². The van der Waals surface area contributed by atoms with Crippen LogP contribution in [0.1, 0.15) is 12.8 Å². The second kappa shape index (κ2) is 11.8. The lowest BCUT2D eigenvalue weighted by atomic mass is 9.97. The average molecular weight is 381 g/mol. The van der Waals surface area contributed by atoms with E-state index in [9.17, 15) is 4.39 Å². The third kappa shape index (κ3) is 7.34. The molecule has 0 radical (unpaired) electrons. The number of ether oxygens (including phenoxy) is 2. The molecule has 1 aromatic rings. The minimum absolute atomic E-state index is 0.286. The van der Waals surface area contributed by atoms with Gasteiger partial charge in [-0.3, -0.25) is 4.99 Å². The molecule has 1 saturated heterocycles. The van der Waals surface area contributed by atoms with Gasteiger partial charge in [-0.25, -0.2) is 4.39 Å². The first kappa shape index (κ1) is 21.4. The zero-order chi connectivity index (χ0) is 19.5. The normalized spacial score (nSPS) is 16.4. The van der Waals surface area contributed by atoms with Gasteiger partial charge >= 0.3 is 0 Å². The van der Waals surface area contributed by atoms with Crippen LogP contribution < -0.4 is 10.1 Å². The number of guanidine groups is 1. The first-order valence-electron chi connectivity index (χ1n) is 9.64. The molecule has 0 aromatic heterocycles. The molecule has 1 fully saturated rings. The number of rotatable bonds is 9. The van der Waals surface area contributed by atoms with Crippen LogP contribution in [0.3, 0.4) is 0 Å². The predicted molar refractivity (Wildman–Crippen MR) is 107 cm³/mol. The van der Waals surface area contributed by atoms with Gasteiger partial charge in [-0.15, -0.1) is 0 Å². The van der Waals surface area contributed by atoms with E-state index in [1.165, 1.54) is 18.9 Å². The number of para-hydroxylation sites is 1. The second-order valence-corrected chi connectivity index (χ2v) is 6.91. The Morgan fingerprint density at radius 1 is 1.30 bits per heavy atom. The first-order valence-corrected chi connectivity index (χ1v) is 9.64. The number of likely N-dealkylation sites (N-methyl/N-ethyl adjacent to an activating group) is 1. The Morgan fingerprint density at radius 2 is 2.04 bits per heavy atom. The van der Waals surface area contributed by atoms with Crippen molar-refractivity contribution < 1.29 is 13.9 Å². The van der Waals surface area contributed by atoms with Crippen LogP contribution in [-0.4, -0.2) is 82.9 Å². The molecule has 1 N–H and O–H groups in total. The molecular formula is C20H33FN4O2. The van der Waals surface area contributed by atoms with Crippen LogP contribution >= 0.6 is 0 Å². The van der Waals surface area contributed by atoms with Crippen LogP contribution in [0, 0.1) is 11.7 Å². The molecule has 0 spiro atoms. The molecule has 0 unspecified atom stereocenters. The maximum absolute atomic E-state index is 13.6. The van der Waals surface area contributed by atoms with Crippen molar-refractivity contribution in [2.24, 2.45) is 10.9 Å². The van der Waals surface area contributed by atoms with Gasteiger partial charge in [0.25, 0.3) is 0 Å². The molecule has 152 valence electrons. The largest absolute Gasteiger partial charge is 0.489 e. The lowest BCUT2D eigenvalue weighted by molar-refractivity contribution is 0.120. The minimum Gasteiger partial charge on any atom is -0.489 e. The molecular weight excluding hydrogens is 347 g/mol. The highest BCUT2D eigenvalue weighted by Gasteiger charge is 2.19. The van der Waals surface area contributed by atoms with E-state index < -0.39 is 0 Å². The van der Waals surface area contributed by atoms with Gasteiger partial charge in [0.05, 0.1) is 13.2 Å². The molecule has 7 heteroatoms. The third-order valence-electron chi connectivity index (χ3n) is 4.96. The number of methoxy groups -OCH3 is 1. The number of aliphatic imine (C=N–C) groups is 1. The quantitative estimate of drug-likeness (QED) is 0.525. The molecule has 0 aliphatic carbocycles. The second-order valence-electron chi connectivity index (χ2n) is 6.91. The van der Waals surface area contributed by atoms with Crippen molar-refractivity contribution in [1.82, 2.24) is 15.1 Å². The Hall–Kier alpha value is -1.86. The molecule has 1 aliphatic heterocycles. The number of nitrogens with one attached hydrogen (secondary N) is 1. The maximum atomic E-state index is 13.6. The standard InChI is InChI=1S/C20H33FN4O2/c1-22-20(23-16-17-8-10-25(11-9-17)13-14-26-3)24(2)12-15-27-19-7-5-4-6-18(19)21/h4-7,17H,8-16H2,1-3H3,(H,22,23). The number of hydrogen-bond acceptors (Lipinski definition) is 4. The van der Waals surface area contributed by atoms with Crippen LogP contribution in [0.2, 0.25) is 0 Å². The summed E-state index contributed by atoms with van der Waals surface area (Å²) < 4.78 is 24.3. The summed E-state index contributed by atoms with van der Waals surface area (Å²) in [5, 5.41) is 3.46.